The molecule has 0 saturated heterocycles. The molecule has 0 fully saturated rings. The normalized spacial score (nSPS) is 11.9. The summed E-state index contributed by atoms with van der Waals surface area (Å²) in [6, 6.07) is 81.0. The number of para-hydroxylation sites is 2. The summed E-state index contributed by atoms with van der Waals surface area (Å²) in [5, 5.41) is 9.23. The van der Waals surface area contributed by atoms with Crippen LogP contribution in [-0.2, 0) is 0 Å². The van der Waals surface area contributed by atoms with Gasteiger partial charge in [0.1, 0.15) is 0 Å². The minimum absolute atomic E-state index is 0.543. The summed E-state index contributed by atoms with van der Waals surface area (Å²) in [4.78, 5) is 31.6. The van der Waals surface area contributed by atoms with Gasteiger partial charge in [-0.1, -0.05) is 152 Å². The lowest BCUT2D eigenvalue weighted by Gasteiger charge is -2.12. The van der Waals surface area contributed by atoms with Crippen molar-refractivity contribution in [3.8, 4) is 68.6 Å². The summed E-state index contributed by atoms with van der Waals surface area (Å²) < 4.78 is 9.59. The van der Waals surface area contributed by atoms with E-state index in [0.29, 0.717) is 35.1 Å². The van der Waals surface area contributed by atoms with E-state index in [0.717, 1.165) is 77.1 Å². The molecule has 0 saturated carbocycles. The minimum Gasteiger partial charge on any atom is -0.309 e. The molecule has 354 valence electrons. The van der Waals surface area contributed by atoms with Crippen LogP contribution < -0.4 is 0 Å². The molecule has 0 unspecified atom stereocenters. The van der Waals surface area contributed by atoms with Crippen molar-refractivity contribution in [1.29, 1.82) is 0 Å². The Labute approximate surface area is 442 Å². The SMILES string of the molecule is c1ccc(-c2nc(-c3ccccc3)nc(-c3cccc(-n4c5ccccc5c5c4ccc4c6ccccc6n(-c6nc(-c7ccc8sc9ccccc9c8c7)nc(-c7ccc8sc9ccccc9c8c7)n6)c45)c3)n2)cc1. The van der Waals surface area contributed by atoms with E-state index in [1.165, 1.54) is 40.3 Å². The zero-order valence-electron chi connectivity index (χ0n) is 40.3. The third-order valence-corrected chi connectivity index (χ3v) is 16.9. The van der Waals surface area contributed by atoms with Gasteiger partial charge in [-0.05, 0) is 78.9 Å². The Hall–Kier alpha value is -9.74. The fourth-order valence-corrected chi connectivity index (χ4v) is 13.3. The van der Waals surface area contributed by atoms with Gasteiger partial charge in [-0.25, -0.2) is 19.9 Å². The van der Waals surface area contributed by atoms with Crippen molar-refractivity contribution in [3.63, 3.8) is 0 Å². The van der Waals surface area contributed by atoms with Gasteiger partial charge in [0, 0.05) is 95.4 Å². The molecule has 0 N–H and O–H groups in total. The fourth-order valence-electron chi connectivity index (χ4n) is 11.2. The molecule has 0 aliphatic rings. The second-order valence-corrected chi connectivity index (χ2v) is 21.2. The van der Waals surface area contributed by atoms with Crippen LogP contribution in [0.5, 0.6) is 0 Å². The molecule has 0 aliphatic heterocycles. The Kier molecular flexibility index (Phi) is 9.51. The predicted molar refractivity (Wildman–Crippen MR) is 315 cm³/mol. The predicted octanol–water partition coefficient (Wildman–Crippen LogP) is 17.3. The van der Waals surface area contributed by atoms with Gasteiger partial charge in [0.2, 0.25) is 5.95 Å². The first-order valence-corrected chi connectivity index (χ1v) is 26.8. The molecule has 0 amide bonds. The molecule has 76 heavy (non-hydrogen) atoms. The third kappa shape index (κ3) is 6.74. The van der Waals surface area contributed by atoms with E-state index in [9.17, 15) is 0 Å². The lowest BCUT2D eigenvalue weighted by molar-refractivity contribution is 0.955. The summed E-state index contributed by atoms with van der Waals surface area (Å²) in [5.41, 5.74) is 9.68. The van der Waals surface area contributed by atoms with Crippen molar-refractivity contribution in [2.45, 2.75) is 0 Å². The van der Waals surface area contributed by atoms with Gasteiger partial charge in [0.05, 0.1) is 22.1 Å². The molecule has 0 bridgehead atoms. The van der Waals surface area contributed by atoms with E-state index in [1.54, 1.807) is 22.7 Å². The van der Waals surface area contributed by atoms with Gasteiger partial charge in [0.15, 0.2) is 29.1 Å². The monoisotopic (exact) mass is 1010 g/mol. The molecule has 16 aromatic rings. The Morgan fingerprint density at radius 3 is 1.30 bits per heavy atom. The van der Waals surface area contributed by atoms with Crippen molar-refractivity contribution >= 4 is 107 Å². The maximum Gasteiger partial charge on any atom is 0.238 e. The number of benzene rings is 10. The molecule has 6 heterocycles. The molecule has 0 aliphatic carbocycles. The van der Waals surface area contributed by atoms with E-state index in [4.69, 9.17) is 29.9 Å². The summed E-state index contributed by atoms with van der Waals surface area (Å²) in [6.45, 7) is 0. The van der Waals surface area contributed by atoms with Crippen LogP contribution in [0.25, 0.3) is 153 Å². The van der Waals surface area contributed by atoms with Crippen LogP contribution in [0.4, 0.5) is 0 Å². The van der Waals surface area contributed by atoms with Crippen LogP contribution in [0.2, 0.25) is 0 Å². The molecule has 16 rings (SSSR count). The molecule has 8 nitrogen and oxygen atoms in total. The van der Waals surface area contributed by atoms with Gasteiger partial charge >= 0.3 is 0 Å². The van der Waals surface area contributed by atoms with Crippen molar-refractivity contribution in [2.75, 3.05) is 0 Å². The first-order chi connectivity index (χ1) is 37.6. The molecule has 6 aromatic heterocycles. The van der Waals surface area contributed by atoms with Gasteiger partial charge in [-0.15, -0.1) is 22.7 Å². The topological polar surface area (TPSA) is 87.2 Å². The largest absolute Gasteiger partial charge is 0.309 e. The second-order valence-electron chi connectivity index (χ2n) is 19.1. The Balaban J connectivity index is 0.939. The van der Waals surface area contributed by atoms with E-state index in [1.807, 2.05) is 60.7 Å². The third-order valence-electron chi connectivity index (χ3n) is 14.6. The van der Waals surface area contributed by atoms with Crippen molar-refractivity contribution < 1.29 is 0 Å². The Bertz CT molecular complexity index is 4830. The van der Waals surface area contributed by atoms with Crippen LogP contribution in [0.1, 0.15) is 0 Å². The molecule has 10 heteroatoms. The maximum atomic E-state index is 5.52. The average molecular weight is 1010 g/mol. The number of thiophene rings is 2. The van der Waals surface area contributed by atoms with Crippen LogP contribution in [0.15, 0.2) is 231 Å². The lowest BCUT2D eigenvalue weighted by Crippen LogP contribution is -2.06. The molecular weight excluding hydrogens is 969 g/mol. The van der Waals surface area contributed by atoms with Gasteiger partial charge < -0.3 is 4.57 Å². The zero-order valence-corrected chi connectivity index (χ0v) is 42.0. The highest BCUT2D eigenvalue weighted by molar-refractivity contribution is 7.26. The number of rotatable bonds is 7. The number of hydrogen-bond donors (Lipinski definition) is 0. The standard InChI is InChI=1S/C66H38N8S2/c1-3-16-39(17-4-1)61-67-62(40-18-5-2-6-19-40)69-63(68-61)41-20-15-21-44(36-41)73-53-27-12-8-25-49(53)59-54(73)33-32-48-45-22-7-11-26-52(45)74(60(48)59)66-71-64(42-30-34-57-50(37-42)46-23-9-13-28-55(46)75-57)70-65(72-66)43-31-35-58-51(38-43)47-24-10-14-29-56(47)76-58/h1-38H. The first-order valence-electron chi connectivity index (χ1n) is 25.2. The quantitative estimate of drug-likeness (QED) is 0.158. The van der Waals surface area contributed by atoms with Crippen LogP contribution >= 0.6 is 22.7 Å². The number of aromatic nitrogens is 8. The molecule has 0 atom stereocenters. The highest BCUT2D eigenvalue weighted by Gasteiger charge is 2.24. The van der Waals surface area contributed by atoms with Gasteiger partial charge in [-0.3, -0.25) is 4.57 Å². The van der Waals surface area contributed by atoms with E-state index in [-0.39, 0.29) is 0 Å². The molecule has 0 radical (unpaired) electrons. The van der Waals surface area contributed by atoms with E-state index >= 15 is 0 Å². The van der Waals surface area contributed by atoms with Crippen LogP contribution in [0, 0.1) is 0 Å². The Morgan fingerprint density at radius 1 is 0.263 bits per heavy atom. The summed E-state index contributed by atoms with van der Waals surface area (Å²) in [7, 11) is 0. The van der Waals surface area contributed by atoms with Gasteiger partial charge in [0.25, 0.3) is 0 Å². The highest BCUT2D eigenvalue weighted by Crippen LogP contribution is 2.44. The summed E-state index contributed by atoms with van der Waals surface area (Å²) in [6.07, 6.45) is 0. The molecule has 10 aromatic carbocycles. The number of hydrogen-bond acceptors (Lipinski definition) is 8. The van der Waals surface area contributed by atoms with Crippen LogP contribution in [-0.4, -0.2) is 39.0 Å². The summed E-state index contributed by atoms with van der Waals surface area (Å²) >= 11 is 3.61. The van der Waals surface area contributed by atoms with Crippen molar-refractivity contribution in [2.24, 2.45) is 0 Å². The molecular formula is C66H38N8S2. The fraction of sp³-hybridized carbons (Fsp3) is 0. The minimum atomic E-state index is 0.543. The summed E-state index contributed by atoms with van der Waals surface area (Å²) in [5.74, 6) is 3.58. The lowest BCUT2D eigenvalue weighted by atomic mass is 10.1. The smallest absolute Gasteiger partial charge is 0.238 e. The van der Waals surface area contributed by atoms with Crippen LogP contribution in [0.3, 0.4) is 0 Å². The van der Waals surface area contributed by atoms with Gasteiger partial charge in [-0.2, -0.15) is 9.97 Å². The maximum absolute atomic E-state index is 5.52. The first kappa shape index (κ1) is 42.7. The number of nitrogens with zero attached hydrogens (tertiary/aromatic N) is 8. The second kappa shape index (κ2) is 16.9. The van der Waals surface area contributed by atoms with Crippen molar-refractivity contribution in [3.05, 3.63) is 231 Å². The van der Waals surface area contributed by atoms with E-state index in [2.05, 4.69) is 179 Å². The highest BCUT2D eigenvalue weighted by atomic mass is 32.1. The Morgan fingerprint density at radius 2 is 0.711 bits per heavy atom. The number of fused-ring (bicyclic) bond motifs is 13. The van der Waals surface area contributed by atoms with Crippen molar-refractivity contribution in [1.82, 2.24) is 39.0 Å². The zero-order chi connectivity index (χ0) is 49.8. The average Bonchev–Trinajstić information content (AvgIpc) is 4.25. The van der Waals surface area contributed by atoms with E-state index < -0.39 is 0 Å². The molecule has 0 spiro atoms.